The summed E-state index contributed by atoms with van der Waals surface area (Å²) in [5, 5.41) is 15.0. The van der Waals surface area contributed by atoms with Crippen LogP contribution in [0.25, 0.3) is 5.65 Å². The third-order valence-electron chi connectivity index (χ3n) is 3.73. The molecule has 0 aliphatic carbocycles. The number of nitrogens with one attached hydrogen (secondary N) is 2. The highest BCUT2D eigenvalue weighted by Crippen LogP contribution is 2.17. The van der Waals surface area contributed by atoms with Crippen LogP contribution in [0, 0.1) is 0 Å². The zero-order valence-electron chi connectivity index (χ0n) is 14.9. The zero-order chi connectivity index (χ0) is 18.0. The Morgan fingerprint density at radius 1 is 1.08 bits per heavy atom. The van der Waals surface area contributed by atoms with Crippen molar-refractivity contribution in [2.45, 2.75) is 24.8 Å². The van der Waals surface area contributed by atoms with Crippen molar-refractivity contribution in [3.63, 3.8) is 0 Å². The van der Waals surface area contributed by atoms with E-state index in [1.807, 2.05) is 46.6 Å². The van der Waals surface area contributed by atoms with Crippen LogP contribution in [-0.4, -0.2) is 39.4 Å². The number of thioether (sulfide) groups is 1. The summed E-state index contributed by atoms with van der Waals surface area (Å²) in [5.41, 5.74) is 0.841. The highest BCUT2D eigenvalue weighted by molar-refractivity contribution is 7.99. The largest absolute Gasteiger partial charge is 0.357 e. The Morgan fingerprint density at radius 3 is 2.77 bits per heavy atom. The van der Waals surface area contributed by atoms with E-state index in [-0.39, 0.29) is 0 Å². The molecule has 136 valence electrons. The molecule has 2 aromatic heterocycles. The second-order valence-corrected chi connectivity index (χ2v) is 6.85. The normalized spacial score (nSPS) is 11.7. The fourth-order valence-electron chi connectivity index (χ4n) is 2.48. The second kappa shape index (κ2) is 9.82. The van der Waals surface area contributed by atoms with Gasteiger partial charge in [0.25, 0.3) is 0 Å². The monoisotopic (exact) mass is 368 g/mol. The fourth-order valence-corrected chi connectivity index (χ4v) is 3.35. The maximum absolute atomic E-state index is 4.63. The average Bonchev–Trinajstić information content (AvgIpc) is 3.10. The van der Waals surface area contributed by atoms with Crippen molar-refractivity contribution in [2.75, 3.05) is 18.8 Å². The number of pyridine rings is 1. The molecule has 2 N–H and O–H groups in total. The van der Waals surface area contributed by atoms with Crippen molar-refractivity contribution < 1.29 is 0 Å². The van der Waals surface area contributed by atoms with E-state index in [1.54, 1.807) is 0 Å². The molecule has 0 bridgehead atoms. The number of benzene rings is 1. The molecule has 0 aliphatic rings. The van der Waals surface area contributed by atoms with Crippen LogP contribution in [0.15, 0.2) is 64.6 Å². The lowest BCUT2D eigenvalue weighted by atomic mass is 10.4. The van der Waals surface area contributed by atoms with E-state index in [1.165, 1.54) is 4.90 Å². The number of hydrogen-bond donors (Lipinski definition) is 2. The Bertz CT molecular complexity index is 830. The van der Waals surface area contributed by atoms with Crippen molar-refractivity contribution in [3.8, 4) is 0 Å². The third-order valence-corrected chi connectivity index (χ3v) is 4.83. The first kappa shape index (κ1) is 18.3. The molecular formula is C19H24N6S. The first-order valence-corrected chi connectivity index (χ1v) is 9.84. The minimum atomic E-state index is 0.485. The Kier molecular flexibility index (Phi) is 6.89. The van der Waals surface area contributed by atoms with Crippen LogP contribution < -0.4 is 10.6 Å². The summed E-state index contributed by atoms with van der Waals surface area (Å²) >= 11 is 1.88. The maximum atomic E-state index is 4.63. The van der Waals surface area contributed by atoms with Crippen molar-refractivity contribution in [1.29, 1.82) is 0 Å². The van der Waals surface area contributed by atoms with E-state index in [0.29, 0.717) is 6.54 Å². The van der Waals surface area contributed by atoms with E-state index >= 15 is 0 Å². The van der Waals surface area contributed by atoms with E-state index in [4.69, 9.17) is 0 Å². The Morgan fingerprint density at radius 2 is 1.92 bits per heavy atom. The smallest absolute Gasteiger partial charge is 0.191 e. The molecule has 0 amide bonds. The lowest BCUT2D eigenvalue weighted by Crippen LogP contribution is -2.37. The second-order valence-electron chi connectivity index (χ2n) is 5.68. The summed E-state index contributed by atoms with van der Waals surface area (Å²) in [6.07, 6.45) is 3.03. The molecule has 7 heteroatoms. The third kappa shape index (κ3) is 5.23. The van der Waals surface area contributed by atoms with E-state index in [9.17, 15) is 0 Å². The molecule has 0 fully saturated rings. The molecule has 3 rings (SSSR count). The lowest BCUT2D eigenvalue weighted by Gasteiger charge is -2.11. The molecule has 0 atom stereocenters. The molecule has 26 heavy (non-hydrogen) atoms. The molecule has 1 aromatic carbocycles. The number of rotatable bonds is 8. The lowest BCUT2D eigenvalue weighted by molar-refractivity contribution is 0.779. The van der Waals surface area contributed by atoms with Gasteiger partial charge < -0.3 is 10.6 Å². The predicted octanol–water partition coefficient (Wildman–Crippen LogP) is 2.97. The van der Waals surface area contributed by atoms with Crippen LogP contribution in [0.5, 0.6) is 0 Å². The number of hydrogen-bond acceptors (Lipinski definition) is 4. The van der Waals surface area contributed by atoms with E-state index < -0.39 is 0 Å². The first-order chi connectivity index (χ1) is 12.9. The van der Waals surface area contributed by atoms with E-state index in [0.717, 1.165) is 42.7 Å². The van der Waals surface area contributed by atoms with Gasteiger partial charge in [-0.3, -0.25) is 4.40 Å². The Labute approximate surface area is 158 Å². The number of guanidine groups is 1. The van der Waals surface area contributed by atoms with Gasteiger partial charge in [-0.05, 0) is 43.4 Å². The summed E-state index contributed by atoms with van der Waals surface area (Å²) in [4.78, 5) is 5.94. The minimum Gasteiger partial charge on any atom is -0.357 e. The predicted molar refractivity (Wildman–Crippen MR) is 108 cm³/mol. The van der Waals surface area contributed by atoms with Crippen molar-refractivity contribution in [3.05, 3.63) is 60.6 Å². The number of aliphatic imine (C=N–C) groups is 1. The topological polar surface area (TPSA) is 66.6 Å². The Hall–Kier alpha value is -2.54. The van der Waals surface area contributed by atoms with Gasteiger partial charge in [0, 0.05) is 24.2 Å². The highest BCUT2D eigenvalue weighted by atomic mass is 32.2. The van der Waals surface area contributed by atoms with Crippen LogP contribution >= 0.6 is 11.8 Å². The quantitative estimate of drug-likeness (QED) is 0.277. The van der Waals surface area contributed by atoms with Crippen LogP contribution in [0.3, 0.4) is 0 Å². The number of nitrogens with zero attached hydrogens (tertiary/aromatic N) is 4. The van der Waals surface area contributed by atoms with Gasteiger partial charge in [0.15, 0.2) is 17.4 Å². The van der Waals surface area contributed by atoms with Gasteiger partial charge in [-0.25, -0.2) is 4.99 Å². The molecular weight excluding hydrogens is 344 g/mol. The molecule has 0 saturated heterocycles. The van der Waals surface area contributed by atoms with Crippen LogP contribution in [0.4, 0.5) is 0 Å². The van der Waals surface area contributed by atoms with Crippen molar-refractivity contribution in [2.24, 2.45) is 4.99 Å². The fraction of sp³-hybridized carbons (Fsp3) is 0.316. The number of fused-ring (bicyclic) bond motifs is 1. The SMILES string of the molecule is CCNC(=NCc1nnc2ccccn12)NCCCSc1ccccc1. The van der Waals surface area contributed by atoms with Gasteiger partial charge in [0.05, 0.1) is 0 Å². The molecule has 0 unspecified atom stereocenters. The molecule has 2 heterocycles. The van der Waals surface area contributed by atoms with Gasteiger partial charge >= 0.3 is 0 Å². The summed E-state index contributed by atoms with van der Waals surface area (Å²) < 4.78 is 1.96. The van der Waals surface area contributed by atoms with Gasteiger partial charge in [-0.2, -0.15) is 0 Å². The summed E-state index contributed by atoms with van der Waals surface area (Å²) in [6.45, 7) is 4.26. The highest BCUT2D eigenvalue weighted by Gasteiger charge is 2.04. The minimum absolute atomic E-state index is 0.485. The standard InChI is InChI=1S/C19H24N6S/c1-2-20-19(21-12-8-14-26-16-9-4-3-5-10-16)22-15-18-24-23-17-11-6-7-13-25(17)18/h3-7,9-11,13H,2,8,12,14-15H2,1H3,(H2,20,21,22). The molecule has 0 saturated carbocycles. The molecule has 0 spiro atoms. The molecule has 0 radical (unpaired) electrons. The van der Waals surface area contributed by atoms with Gasteiger partial charge in [-0.15, -0.1) is 22.0 Å². The van der Waals surface area contributed by atoms with Crippen molar-refractivity contribution in [1.82, 2.24) is 25.2 Å². The first-order valence-electron chi connectivity index (χ1n) is 8.85. The number of aromatic nitrogens is 3. The van der Waals surface area contributed by atoms with Gasteiger partial charge in [0.2, 0.25) is 0 Å². The van der Waals surface area contributed by atoms with Crippen molar-refractivity contribution >= 4 is 23.4 Å². The maximum Gasteiger partial charge on any atom is 0.191 e. The van der Waals surface area contributed by atoms with Crippen LogP contribution in [0.2, 0.25) is 0 Å². The van der Waals surface area contributed by atoms with Gasteiger partial charge in [0.1, 0.15) is 6.54 Å². The molecule has 3 aromatic rings. The summed E-state index contributed by atoms with van der Waals surface area (Å²) in [7, 11) is 0. The zero-order valence-corrected chi connectivity index (χ0v) is 15.7. The average molecular weight is 369 g/mol. The summed E-state index contributed by atoms with van der Waals surface area (Å²) in [5.74, 6) is 2.72. The molecule has 0 aliphatic heterocycles. The van der Waals surface area contributed by atoms with Crippen LogP contribution in [-0.2, 0) is 6.54 Å². The van der Waals surface area contributed by atoms with Gasteiger partial charge in [-0.1, -0.05) is 24.3 Å². The summed E-state index contributed by atoms with van der Waals surface area (Å²) in [6, 6.07) is 16.3. The Balaban J connectivity index is 1.48. The van der Waals surface area contributed by atoms with E-state index in [2.05, 4.69) is 57.0 Å². The van der Waals surface area contributed by atoms with Crippen LogP contribution in [0.1, 0.15) is 19.2 Å². The molecule has 6 nitrogen and oxygen atoms in total.